The van der Waals surface area contributed by atoms with Crippen molar-refractivity contribution in [3.63, 3.8) is 0 Å². The number of unbranched alkanes of at least 4 members (excludes halogenated alkanes) is 21. The lowest BCUT2D eigenvalue weighted by atomic mass is 10.0. The summed E-state index contributed by atoms with van der Waals surface area (Å²) in [4.78, 5) is 11.2. The number of allylic oxidation sites excluding steroid dienone is 2. The van der Waals surface area contributed by atoms with Gasteiger partial charge in [0.25, 0.3) is 0 Å². The fourth-order valence-electron chi connectivity index (χ4n) is 6.43. The van der Waals surface area contributed by atoms with E-state index in [-0.39, 0.29) is 6.04 Å². The number of ether oxygens (including phenoxy) is 2. The van der Waals surface area contributed by atoms with Crippen LogP contribution in [-0.2, 0) is 14.3 Å². The molecular formula is C43H83NO3. The van der Waals surface area contributed by atoms with Gasteiger partial charge in [-0.3, -0.25) is 4.79 Å². The van der Waals surface area contributed by atoms with Crippen LogP contribution < -0.4 is 5.32 Å². The summed E-state index contributed by atoms with van der Waals surface area (Å²) >= 11 is 0. The zero-order valence-corrected chi connectivity index (χ0v) is 32.2. The molecule has 0 fully saturated rings. The topological polar surface area (TPSA) is 47.6 Å². The lowest BCUT2D eigenvalue weighted by Crippen LogP contribution is -2.32. The largest absolute Gasteiger partial charge is 0.496 e. The van der Waals surface area contributed by atoms with Crippen molar-refractivity contribution in [1.82, 2.24) is 5.32 Å². The number of hydrogen-bond acceptors (Lipinski definition) is 3. The Morgan fingerprint density at radius 1 is 0.553 bits per heavy atom. The highest BCUT2D eigenvalue weighted by molar-refractivity contribution is 5.46. The van der Waals surface area contributed by atoms with E-state index in [4.69, 9.17) is 9.47 Å². The molecule has 2 unspecified atom stereocenters. The Morgan fingerprint density at radius 3 is 1.53 bits per heavy atom. The second-order valence-electron chi connectivity index (χ2n) is 14.5. The summed E-state index contributed by atoms with van der Waals surface area (Å²) < 4.78 is 12.4. The molecule has 0 bridgehead atoms. The average molecular weight is 662 g/mol. The van der Waals surface area contributed by atoms with E-state index in [2.05, 4.69) is 39.2 Å². The third-order valence-electron chi connectivity index (χ3n) is 9.74. The second-order valence-corrected chi connectivity index (χ2v) is 14.5. The van der Waals surface area contributed by atoms with Gasteiger partial charge in [-0.1, -0.05) is 181 Å². The van der Waals surface area contributed by atoms with Crippen molar-refractivity contribution in [3.05, 3.63) is 24.5 Å². The van der Waals surface area contributed by atoms with Crippen molar-refractivity contribution in [3.8, 4) is 0 Å². The number of nitrogens with one attached hydrogen (secondary N) is 1. The number of hydrogen-bond donors (Lipinski definition) is 1. The van der Waals surface area contributed by atoms with Gasteiger partial charge in [0.05, 0.1) is 17.9 Å². The Balaban J connectivity index is 4.18. The van der Waals surface area contributed by atoms with Gasteiger partial charge in [-0.2, -0.15) is 0 Å². The van der Waals surface area contributed by atoms with Crippen LogP contribution in [0.4, 0.5) is 0 Å². The molecule has 0 heterocycles. The normalized spacial score (nSPS) is 12.6. The molecule has 0 aromatic heterocycles. The van der Waals surface area contributed by atoms with Gasteiger partial charge in [-0.15, -0.1) is 0 Å². The summed E-state index contributed by atoms with van der Waals surface area (Å²) in [6, 6.07) is 0.00966. The minimum absolute atomic E-state index is 0.00966. The molecule has 278 valence electrons. The maximum atomic E-state index is 11.2. The summed E-state index contributed by atoms with van der Waals surface area (Å²) in [5.41, 5.74) is 1.30. The third-order valence-corrected chi connectivity index (χ3v) is 9.74. The molecule has 0 saturated heterocycles. The first-order valence-corrected chi connectivity index (χ1v) is 20.9. The molecule has 0 saturated carbocycles. The molecule has 0 radical (unpaired) electrons. The minimum Gasteiger partial charge on any atom is -0.496 e. The van der Waals surface area contributed by atoms with Crippen molar-refractivity contribution >= 4 is 6.41 Å². The van der Waals surface area contributed by atoms with Crippen LogP contribution in [0.1, 0.15) is 220 Å². The molecule has 0 aliphatic heterocycles. The molecular weight excluding hydrogens is 578 g/mol. The summed E-state index contributed by atoms with van der Waals surface area (Å²) in [6.45, 7) is 16.7. The SMILES string of the molecule is C=C(CCCCCCCCCCCC)CCC(COC(=C)CCCCC(CCCCCCCCC)OCCCCCCCC)NC=O. The standard InChI is InChI=1S/C43H83NO3/c1-6-9-12-15-18-19-20-22-23-26-31-40(4)35-36-42(44-39-45)38-47-41(5)32-28-29-34-43(33-27-24-21-16-13-10-7-2)46-37-30-25-17-14-11-8-3/h39,42-43H,4-38H2,1-3H3,(H,44,45). The Morgan fingerprint density at radius 2 is 1.00 bits per heavy atom. The molecule has 1 N–H and O–H groups in total. The third kappa shape index (κ3) is 34.4. The van der Waals surface area contributed by atoms with Crippen LogP contribution in [-0.4, -0.2) is 31.8 Å². The van der Waals surface area contributed by atoms with Crippen LogP contribution >= 0.6 is 0 Å². The van der Waals surface area contributed by atoms with E-state index < -0.39 is 0 Å². The summed E-state index contributed by atoms with van der Waals surface area (Å²) in [6.07, 6.45) is 40.5. The van der Waals surface area contributed by atoms with Crippen molar-refractivity contribution < 1.29 is 14.3 Å². The van der Waals surface area contributed by atoms with Gasteiger partial charge in [0.15, 0.2) is 0 Å². The molecule has 1 amide bonds. The van der Waals surface area contributed by atoms with E-state index in [1.807, 2.05) is 0 Å². The molecule has 0 rings (SSSR count). The zero-order valence-electron chi connectivity index (χ0n) is 32.2. The van der Waals surface area contributed by atoms with Crippen LogP contribution in [0.25, 0.3) is 0 Å². The average Bonchev–Trinajstić information content (AvgIpc) is 3.07. The Kier molecular flexibility index (Phi) is 36.5. The highest BCUT2D eigenvalue weighted by atomic mass is 16.5. The van der Waals surface area contributed by atoms with Gasteiger partial charge in [-0.05, 0) is 51.4 Å². The van der Waals surface area contributed by atoms with Crippen LogP contribution in [0, 0.1) is 0 Å². The van der Waals surface area contributed by atoms with Crippen molar-refractivity contribution in [2.24, 2.45) is 0 Å². The monoisotopic (exact) mass is 662 g/mol. The summed E-state index contributed by atoms with van der Waals surface area (Å²) in [7, 11) is 0. The molecule has 4 nitrogen and oxygen atoms in total. The number of carbonyl (C=O) groups excluding carboxylic acids is 1. The fourth-order valence-corrected chi connectivity index (χ4v) is 6.43. The van der Waals surface area contributed by atoms with E-state index in [9.17, 15) is 4.79 Å². The molecule has 0 aliphatic carbocycles. The number of amides is 1. The number of rotatable bonds is 40. The van der Waals surface area contributed by atoms with E-state index in [0.29, 0.717) is 12.7 Å². The quantitative estimate of drug-likeness (QED) is 0.0308. The van der Waals surface area contributed by atoms with Crippen LogP contribution in [0.2, 0.25) is 0 Å². The van der Waals surface area contributed by atoms with Crippen LogP contribution in [0.3, 0.4) is 0 Å². The minimum atomic E-state index is 0.00966. The molecule has 47 heavy (non-hydrogen) atoms. The van der Waals surface area contributed by atoms with E-state index >= 15 is 0 Å². The maximum absolute atomic E-state index is 11.2. The second kappa shape index (κ2) is 37.5. The van der Waals surface area contributed by atoms with E-state index in [1.54, 1.807) is 0 Å². The Labute approximate surface area is 295 Å². The van der Waals surface area contributed by atoms with Gasteiger partial charge >= 0.3 is 0 Å². The smallest absolute Gasteiger partial charge is 0.207 e. The fraction of sp³-hybridized carbons (Fsp3) is 0.884. The van der Waals surface area contributed by atoms with Gasteiger partial charge in [-0.25, -0.2) is 0 Å². The van der Waals surface area contributed by atoms with Crippen molar-refractivity contribution in [2.75, 3.05) is 13.2 Å². The van der Waals surface area contributed by atoms with Gasteiger partial charge in [0, 0.05) is 13.0 Å². The van der Waals surface area contributed by atoms with Gasteiger partial charge < -0.3 is 14.8 Å². The summed E-state index contributed by atoms with van der Waals surface area (Å²) in [5, 5.41) is 2.96. The van der Waals surface area contributed by atoms with E-state index in [1.165, 1.54) is 160 Å². The van der Waals surface area contributed by atoms with Gasteiger partial charge in [0.2, 0.25) is 6.41 Å². The molecule has 4 heteroatoms. The lowest BCUT2D eigenvalue weighted by Gasteiger charge is -2.20. The Hall–Kier alpha value is -1.29. The van der Waals surface area contributed by atoms with Crippen molar-refractivity contribution in [1.29, 1.82) is 0 Å². The zero-order chi connectivity index (χ0) is 34.5. The first-order chi connectivity index (χ1) is 23.1. The van der Waals surface area contributed by atoms with Crippen LogP contribution in [0.15, 0.2) is 24.5 Å². The van der Waals surface area contributed by atoms with Crippen LogP contribution in [0.5, 0.6) is 0 Å². The molecule has 0 spiro atoms. The number of carbonyl (C=O) groups is 1. The lowest BCUT2D eigenvalue weighted by molar-refractivity contribution is -0.110. The first kappa shape index (κ1) is 45.7. The predicted octanol–water partition coefficient (Wildman–Crippen LogP) is 13.7. The van der Waals surface area contributed by atoms with Crippen molar-refractivity contribution in [2.45, 2.75) is 232 Å². The van der Waals surface area contributed by atoms with Gasteiger partial charge in [0.1, 0.15) is 6.61 Å². The first-order valence-electron chi connectivity index (χ1n) is 20.9. The molecule has 0 aliphatic rings. The summed E-state index contributed by atoms with van der Waals surface area (Å²) in [5.74, 6) is 0.837. The highest BCUT2D eigenvalue weighted by Gasteiger charge is 2.12. The highest BCUT2D eigenvalue weighted by Crippen LogP contribution is 2.20. The maximum Gasteiger partial charge on any atom is 0.207 e. The molecule has 0 aromatic carbocycles. The molecule has 2 atom stereocenters. The van der Waals surface area contributed by atoms with E-state index in [0.717, 1.165) is 63.7 Å². The predicted molar refractivity (Wildman–Crippen MR) is 207 cm³/mol. The Bertz CT molecular complexity index is 660. The molecule has 0 aromatic rings.